The molecular weight excluding hydrogens is 381 g/mol. The second-order valence-electron chi connectivity index (χ2n) is 7.67. The summed E-state index contributed by atoms with van der Waals surface area (Å²) >= 11 is 0. The molecule has 1 N–H and O–H groups in total. The van der Waals surface area contributed by atoms with E-state index in [1.54, 1.807) is 6.07 Å². The van der Waals surface area contributed by atoms with Gasteiger partial charge in [0.05, 0.1) is 17.9 Å². The second kappa shape index (κ2) is 6.93. The third kappa shape index (κ3) is 3.31. The molecule has 2 aliphatic heterocycles. The van der Waals surface area contributed by atoms with E-state index in [0.717, 1.165) is 37.9 Å². The van der Waals surface area contributed by atoms with E-state index in [9.17, 15) is 12.8 Å². The molecule has 0 unspecified atom stereocenters. The van der Waals surface area contributed by atoms with Crippen LogP contribution in [0.4, 0.5) is 15.8 Å². The number of anilines is 2. The molecule has 150 valence electrons. The molecule has 2 heterocycles. The van der Waals surface area contributed by atoms with Gasteiger partial charge in [-0.2, -0.15) is 0 Å². The van der Waals surface area contributed by atoms with Crippen LogP contribution < -0.4 is 19.3 Å². The first kappa shape index (κ1) is 19.0. The molecule has 0 aromatic heterocycles. The predicted molar refractivity (Wildman–Crippen MR) is 107 cm³/mol. The summed E-state index contributed by atoms with van der Waals surface area (Å²) in [6, 6.07) is 11.0. The van der Waals surface area contributed by atoms with E-state index >= 15 is 0 Å². The Bertz CT molecular complexity index is 988. The van der Waals surface area contributed by atoms with Gasteiger partial charge in [-0.05, 0) is 38.1 Å². The van der Waals surface area contributed by atoms with Gasteiger partial charge in [-0.1, -0.05) is 18.2 Å². The Balaban J connectivity index is 1.85. The Morgan fingerprint density at radius 1 is 1.04 bits per heavy atom. The monoisotopic (exact) mass is 405 g/mol. The molecule has 2 aromatic rings. The molecule has 0 aliphatic carbocycles. The molecule has 4 rings (SSSR count). The molecule has 0 atom stereocenters. The Labute approximate surface area is 165 Å². The number of nitrogens with zero attached hydrogens (tertiary/aromatic N) is 2. The second-order valence-corrected chi connectivity index (χ2v) is 9.50. The van der Waals surface area contributed by atoms with Crippen LogP contribution in [0.3, 0.4) is 0 Å². The highest BCUT2D eigenvalue weighted by molar-refractivity contribution is 7.92. The van der Waals surface area contributed by atoms with E-state index in [1.807, 2.05) is 26.0 Å². The fourth-order valence-corrected chi connectivity index (χ4v) is 5.38. The average molecular weight is 405 g/mol. The number of fused-ring (bicyclic) bond motifs is 1. The summed E-state index contributed by atoms with van der Waals surface area (Å²) in [5.74, 6) is -0.229. The van der Waals surface area contributed by atoms with Crippen LogP contribution in [0.25, 0.3) is 0 Å². The minimum Gasteiger partial charge on any atom is -0.482 e. The lowest BCUT2D eigenvalue weighted by Gasteiger charge is -2.42. The molecule has 1 saturated heterocycles. The third-order valence-corrected chi connectivity index (χ3v) is 6.80. The number of ether oxygens (including phenoxy) is 1. The first-order valence-corrected chi connectivity index (χ1v) is 10.8. The zero-order valence-electron chi connectivity index (χ0n) is 16.0. The highest BCUT2D eigenvalue weighted by Crippen LogP contribution is 2.46. The van der Waals surface area contributed by atoms with Gasteiger partial charge in [0.15, 0.2) is 5.75 Å². The van der Waals surface area contributed by atoms with E-state index in [4.69, 9.17) is 4.74 Å². The number of hydrogen-bond donors (Lipinski definition) is 1. The van der Waals surface area contributed by atoms with Gasteiger partial charge >= 0.3 is 0 Å². The number of piperazine rings is 1. The maximum Gasteiger partial charge on any atom is 0.267 e. The van der Waals surface area contributed by atoms with Crippen LogP contribution in [0.1, 0.15) is 13.8 Å². The first-order chi connectivity index (χ1) is 13.3. The molecule has 0 saturated carbocycles. The minimum absolute atomic E-state index is 0.0989. The van der Waals surface area contributed by atoms with Gasteiger partial charge in [0.25, 0.3) is 10.0 Å². The van der Waals surface area contributed by atoms with E-state index in [0.29, 0.717) is 11.4 Å². The smallest absolute Gasteiger partial charge is 0.267 e. The number of nitrogens with one attached hydrogen (secondary N) is 1. The molecule has 0 radical (unpaired) electrons. The topological polar surface area (TPSA) is 61.9 Å². The normalized spacial score (nSPS) is 19.1. The molecule has 8 heteroatoms. The zero-order valence-corrected chi connectivity index (χ0v) is 16.8. The Kier molecular flexibility index (Phi) is 4.71. The van der Waals surface area contributed by atoms with Crippen LogP contribution in [0.15, 0.2) is 47.4 Å². The molecule has 2 aromatic carbocycles. The van der Waals surface area contributed by atoms with Crippen LogP contribution in [-0.2, 0) is 10.0 Å². The standard InChI is InChI=1S/C20H24FN3O3S/c1-20(2)14-24(28(25,26)18-9-4-3-6-15(18)21)17-8-5-7-16(19(17)27-20)23-12-10-22-11-13-23/h3-9,22H,10-14H2,1-2H3. The Morgan fingerprint density at radius 2 is 1.71 bits per heavy atom. The van der Waals surface area contributed by atoms with E-state index in [-0.39, 0.29) is 11.4 Å². The van der Waals surface area contributed by atoms with Crippen molar-refractivity contribution in [2.45, 2.75) is 24.3 Å². The zero-order chi connectivity index (χ0) is 19.9. The molecule has 0 spiro atoms. The Hall–Kier alpha value is -2.32. The Morgan fingerprint density at radius 3 is 2.43 bits per heavy atom. The van der Waals surface area contributed by atoms with Crippen molar-refractivity contribution in [1.29, 1.82) is 0 Å². The largest absolute Gasteiger partial charge is 0.482 e. The van der Waals surface area contributed by atoms with Gasteiger partial charge in [-0.25, -0.2) is 12.8 Å². The molecule has 1 fully saturated rings. The van der Waals surface area contributed by atoms with Crippen LogP contribution >= 0.6 is 0 Å². The quantitative estimate of drug-likeness (QED) is 0.851. The summed E-state index contributed by atoms with van der Waals surface area (Å²) in [6.45, 7) is 7.10. The van der Waals surface area contributed by atoms with Crippen molar-refractivity contribution in [3.63, 3.8) is 0 Å². The summed E-state index contributed by atoms with van der Waals surface area (Å²) < 4.78 is 48.5. The van der Waals surface area contributed by atoms with E-state index < -0.39 is 21.4 Å². The number of sulfonamides is 1. The molecule has 28 heavy (non-hydrogen) atoms. The summed E-state index contributed by atoms with van der Waals surface area (Å²) in [5.41, 5.74) is 0.550. The van der Waals surface area contributed by atoms with E-state index in [2.05, 4.69) is 10.2 Å². The van der Waals surface area contributed by atoms with Gasteiger partial charge in [0.2, 0.25) is 0 Å². The van der Waals surface area contributed by atoms with Crippen molar-refractivity contribution in [3.05, 3.63) is 48.3 Å². The van der Waals surface area contributed by atoms with Crippen molar-refractivity contribution in [3.8, 4) is 5.75 Å². The van der Waals surface area contributed by atoms with Gasteiger partial charge < -0.3 is 15.0 Å². The summed E-state index contributed by atoms with van der Waals surface area (Å²) in [7, 11) is -4.08. The number of rotatable bonds is 3. The van der Waals surface area contributed by atoms with Crippen molar-refractivity contribution < 1.29 is 17.5 Å². The van der Waals surface area contributed by atoms with Crippen molar-refractivity contribution in [2.24, 2.45) is 0 Å². The minimum atomic E-state index is -4.08. The summed E-state index contributed by atoms with van der Waals surface area (Å²) in [4.78, 5) is 1.86. The van der Waals surface area contributed by atoms with Gasteiger partial charge in [-0.15, -0.1) is 0 Å². The van der Waals surface area contributed by atoms with Gasteiger partial charge in [0, 0.05) is 26.2 Å². The van der Waals surface area contributed by atoms with Crippen LogP contribution in [0, 0.1) is 5.82 Å². The van der Waals surface area contributed by atoms with Crippen LogP contribution in [0.5, 0.6) is 5.75 Å². The fourth-order valence-electron chi connectivity index (χ4n) is 3.70. The third-order valence-electron chi connectivity index (χ3n) is 5.01. The first-order valence-electron chi connectivity index (χ1n) is 9.35. The molecule has 2 aliphatic rings. The SMILES string of the molecule is CC1(C)CN(S(=O)(=O)c2ccccc2F)c2cccc(N3CCNCC3)c2O1. The van der Waals surface area contributed by atoms with Crippen molar-refractivity contribution >= 4 is 21.4 Å². The molecular formula is C20H24FN3O3S. The maximum absolute atomic E-state index is 14.3. The molecule has 0 amide bonds. The lowest BCUT2D eigenvalue weighted by Crippen LogP contribution is -2.50. The van der Waals surface area contributed by atoms with E-state index in [1.165, 1.54) is 22.5 Å². The number of benzene rings is 2. The predicted octanol–water partition coefficient (Wildman–Crippen LogP) is 2.60. The lowest BCUT2D eigenvalue weighted by molar-refractivity contribution is 0.111. The van der Waals surface area contributed by atoms with Crippen LogP contribution in [0.2, 0.25) is 0 Å². The van der Waals surface area contributed by atoms with Gasteiger partial charge in [0.1, 0.15) is 16.3 Å². The lowest BCUT2D eigenvalue weighted by atomic mass is 10.1. The number of hydrogen-bond acceptors (Lipinski definition) is 5. The molecule has 6 nitrogen and oxygen atoms in total. The highest BCUT2D eigenvalue weighted by atomic mass is 32.2. The highest BCUT2D eigenvalue weighted by Gasteiger charge is 2.41. The van der Waals surface area contributed by atoms with Crippen LogP contribution in [-0.4, -0.2) is 46.7 Å². The summed E-state index contributed by atoms with van der Waals surface area (Å²) in [6.07, 6.45) is 0. The molecule has 0 bridgehead atoms. The summed E-state index contributed by atoms with van der Waals surface area (Å²) in [5, 5.41) is 3.31. The van der Waals surface area contributed by atoms with Crippen molar-refractivity contribution in [2.75, 3.05) is 41.9 Å². The maximum atomic E-state index is 14.3. The number of halogens is 1. The van der Waals surface area contributed by atoms with Crippen molar-refractivity contribution in [1.82, 2.24) is 5.32 Å². The number of para-hydroxylation sites is 1. The fraction of sp³-hybridized carbons (Fsp3) is 0.400. The van der Waals surface area contributed by atoms with Gasteiger partial charge in [-0.3, -0.25) is 4.31 Å². The average Bonchev–Trinajstić information content (AvgIpc) is 2.67.